The first-order valence-electron chi connectivity index (χ1n) is 7.74. The van der Waals surface area contributed by atoms with Crippen molar-refractivity contribution in [3.05, 3.63) is 22.7 Å². The van der Waals surface area contributed by atoms with Gasteiger partial charge in [-0.25, -0.2) is 18.5 Å². The minimum Gasteiger partial charge on any atom is -0.383 e. The normalized spacial score (nSPS) is 34.7. The van der Waals surface area contributed by atoms with E-state index in [4.69, 9.17) is 31.6 Å². The van der Waals surface area contributed by atoms with Gasteiger partial charge in [0.2, 0.25) is 11.8 Å². The minimum absolute atomic E-state index is 0.224. The Bertz CT molecular complexity index is 1210. The van der Waals surface area contributed by atoms with E-state index in [0.717, 1.165) is 12.3 Å². The van der Waals surface area contributed by atoms with Gasteiger partial charge in [0.15, 0.2) is 11.7 Å². The molecule has 0 radical (unpaired) electrons. The second-order valence-electron chi connectivity index (χ2n) is 6.36. The van der Waals surface area contributed by atoms with Gasteiger partial charge in [0, 0.05) is 6.20 Å². The molecule has 2 fully saturated rings. The highest BCUT2D eigenvalue weighted by molar-refractivity contribution is 7.66. The predicted octanol–water partition coefficient (Wildman–Crippen LogP) is -1.18. The Balaban J connectivity index is 1.89. The van der Waals surface area contributed by atoms with Crippen molar-refractivity contribution in [3.8, 4) is 12.3 Å². The Morgan fingerprint density at radius 3 is 2.28 bits per heavy atom. The van der Waals surface area contributed by atoms with Gasteiger partial charge in [-0.2, -0.15) is 22.4 Å². The van der Waals surface area contributed by atoms with Crippen LogP contribution in [0, 0.1) is 12.3 Å². The zero-order valence-electron chi connectivity index (χ0n) is 15.0. The number of ether oxygens (including phenoxy) is 1. The van der Waals surface area contributed by atoms with E-state index >= 15 is 0 Å². The number of terminal acetylenes is 1. The smallest absolute Gasteiger partial charge is 0.383 e. The maximum Gasteiger partial charge on any atom is 0.490 e. The van der Waals surface area contributed by atoms with Gasteiger partial charge >= 0.3 is 35.1 Å². The summed E-state index contributed by atoms with van der Waals surface area (Å²) in [4.78, 5) is 50.7. The molecule has 7 N–H and O–H groups in total. The van der Waals surface area contributed by atoms with Crippen LogP contribution in [0.5, 0.6) is 0 Å². The summed E-state index contributed by atoms with van der Waals surface area (Å²) in [7, 11) is -17.7. The van der Waals surface area contributed by atoms with Crippen molar-refractivity contribution < 1.29 is 65.0 Å². The van der Waals surface area contributed by atoms with E-state index in [1.165, 1.54) is 0 Å². The zero-order valence-corrected chi connectivity index (χ0v) is 17.6. The first kappa shape index (κ1) is 25.1. The molecule has 0 bridgehead atoms. The van der Waals surface area contributed by atoms with Crippen molar-refractivity contribution >= 4 is 29.3 Å². The molecular formula is C11H12F2N3O13P3. The second-order valence-corrected chi connectivity index (χ2v) is 10.7. The van der Waals surface area contributed by atoms with Gasteiger partial charge in [0.05, 0.1) is 0 Å². The number of nitrogens with two attached hydrogens (primary N) is 1. The van der Waals surface area contributed by atoms with Crippen LogP contribution < -0.4 is 11.4 Å². The lowest BCUT2D eigenvalue weighted by molar-refractivity contribution is -0.197. The Labute approximate surface area is 175 Å². The Morgan fingerprint density at radius 1 is 1.22 bits per heavy atom. The average Bonchev–Trinajstić information content (AvgIpc) is 3.00. The van der Waals surface area contributed by atoms with Crippen LogP contribution >= 0.6 is 23.5 Å². The molecule has 1 aliphatic heterocycles. The van der Waals surface area contributed by atoms with Gasteiger partial charge in [-0.1, -0.05) is 5.92 Å². The first-order valence-corrected chi connectivity index (χ1v) is 12.3. The van der Waals surface area contributed by atoms with Crippen molar-refractivity contribution in [1.82, 2.24) is 9.55 Å². The predicted molar refractivity (Wildman–Crippen MR) is 93.2 cm³/mol. The lowest BCUT2D eigenvalue weighted by Gasteiger charge is -2.27. The van der Waals surface area contributed by atoms with Crippen molar-refractivity contribution in [1.29, 1.82) is 0 Å². The SMILES string of the molecule is C#C[C@]12O[C@@H](n3ccc(N)nc3=O)C(F)(F)[C@@]1(O)C2OP(=O)(O)OP(=O)(O)OP(=O)(O)O. The molecule has 1 saturated carbocycles. The molecule has 1 aromatic rings. The van der Waals surface area contributed by atoms with E-state index in [-0.39, 0.29) is 10.4 Å². The topological polar surface area (TPSA) is 250 Å². The monoisotopic (exact) mass is 525 g/mol. The summed E-state index contributed by atoms with van der Waals surface area (Å²) in [5.41, 5.74) is -2.50. The highest BCUT2D eigenvalue weighted by atomic mass is 31.3. The number of aromatic nitrogens is 2. The largest absolute Gasteiger partial charge is 0.490 e. The van der Waals surface area contributed by atoms with Crippen LogP contribution in [0.2, 0.25) is 0 Å². The molecule has 32 heavy (non-hydrogen) atoms. The summed E-state index contributed by atoms with van der Waals surface area (Å²) in [6, 6.07) is 0.945. The molecule has 0 amide bonds. The van der Waals surface area contributed by atoms with Crippen molar-refractivity contribution in [2.75, 3.05) is 5.73 Å². The Hall–Kier alpha value is -1.57. The number of halogens is 2. The van der Waals surface area contributed by atoms with Crippen LogP contribution in [0.1, 0.15) is 6.23 Å². The molecule has 16 nitrogen and oxygen atoms in total. The number of hydrogen-bond donors (Lipinski definition) is 6. The standard InChI is InChI=1S/C11H12F2N3O13P3/c1-2-9-6(27-31(22,23)29-32(24,25)28-30(19,20)21)10(9,18)11(12,13)7(26-9)16-4-3-5(14)15-8(16)17/h1,3-4,6-7,18H,(H,22,23)(H,24,25)(H2,14,15,17)(H2,19,20,21)/t6?,7-,9-,10-/m1/s1. The number of aliphatic hydroxyl groups is 1. The van der Waals surface area contributed by atoms with E-state index in [1.54, 1.807) is 5.92 Å². The molecule has 0 aromatic carbocycles. The number of fused-ring (bicyclic) bond motifs is 1. The molecule has 1 aliphatic carbocycles. The summed E-state index contributed by atoms with van der Waals surface area (Å²) < 4.78 is 80.2. The molecule has 21 heteroatoms. The number of phosphoric acid groups is 3. The fourth-order valence-corrected chi connectivity index (χ4v) is 6.28. The number of anilines is 1. The molecule has 1 saturated heterocycles. The van der Waals surface area contributed by atoms with Crippen LogP contribution in [0.25, 0.3) is 0 Å². The van der Waals surface area contributed by atoms with Crippen molar-refractivity contribution in [2.24, 2.45) is 0 Å². The number of nitrogens with zero attached hydrogens (tertiary/aromatic N) is 2. The highest BCUT2D eigenvalue weighted by Crippen LogP contribution is 2.74. The summed E-state index contributed by atoms with van der Waals surface area (Å²) >= 11 is 0. The van der Waals surface area contributed by atoms with Gasteiger partial charge in [-0.05, 0) is 6.07 Å². The van der Waals surface area contributed by atoms with Gasteiger partial charge < -0.3 is 35.2 Å². The fourth-order valence-electron chi connectivity index (χ4n) is 3.05. The van der Waals surface area contributed by atoms with E-state index < -0.39 is 58.6 Å². The molecule has 2 heterocycles. The molecule has 0 spiro atoms. The maximum absolute atomic E-state index is 15.0. The Kier molecular flexibility index (Phi) is 5.65. The molecule has 3 rings (SSSR count). The molecule has 178 valence electrons. The summed E-state index contributed by atoms with van der Waals surface area (Å²) in [5, 5.41) is 10.5. The first-order chi connectivity index (χ1) is 14.3. The van der Waals surface area contributed by atoms with Gasteiger partial charge in [0.25, 0.3) is 0 Å². The number of phosphoric ester groups is 1. The molecular weight excluding hydrogens is 513 g/mol. The lowest BCUT2D eigenvalue weighted by Crippen LogP contribution is -2.46. The van der Waals surface area contributed by atoms with Crippen molar-refractivity contribution in [2.45, 2.75) is 29.5 Å². The van der Waals surface area contributed by atoms with Crippen molar-refractivity contribution in [3.63, 3.8) is 0 Å². The summed E-state index contributed by atoms with van der Waals surface area (Å²) in [5.74, 6) is -3.21. The average molecular weight is 525 g/mol. The van der Waals surface area contributed by atoms with Gasteiger partial charge in [-0.3, -0.25) is 9.09 Å². The quantitative estimate of drug-likeness (QED) is 0.181. The zero-order chi connectivity index (χ0) is 24.5. The van der Waals surface area contributed by atoms with Crippen LogP contribution in [0.4, 0.5) is 14.6 Å². The van der Waals surface area contributed by atoms with E-state index in [0.29, 0.717) is 0 Å². The van der Waals surface area contributed by atoms with Crippen LogP contribution in [0.15, 0.2) is 17.1 Å². The minimum atomic E-state index is -5.98. The number of hydrogen-bond acceptors (Lipinski definition) is 11. The van der Waals surface area contributed by atoms with Crippen LogP contribution in [0.3, 0.4) is 0 Å². The molecule has 3 unspecified atom stereocenters. The number of alkyl halides is 2. The lowest BCUT2D eigenvalue weighted by atomic mass is 10.1. The maximum atomic E-state index is 15.0. The number of rotatable bonds is 7. The van der Waals surface area contributed by atoms with Crippen LogP contribution in [-0.4, -0.2) is 57.5 Å². The third kappa shape index (κ3) is 3.86. The van der Waals surface area contributed by atoms with E-state index in [1.807, 2.05) is 0 Å². The summed E-state index contributed by atoms with van der Waals surface area (Å²) in [6.45, 7) is 0. The second kappa shape index (κ2) is 7.21. The van der Waals surface area contributed by atoms with Crippen LogP contribution in [-0.2, 0) is 31.6 Å². The van der Waals surface area contributed by atoms with Gasteiger partial charge in [0.1, 0.15) is 5.82 Å². The number of nitrogen functional groups attached to an aromatic ring is 1. The fraction of sp³-hybridized carbons (Fsp3) is 0.455. The molecule has 6 atom stereocenters. The highest BCUT2D eigenvalue weighted by Gasteiger charge is 2.97. The summed E-state index contributed by atoms with van der Waals surface area (Å²) in [6.07, 6.45) is 0.719. The van der Waals surface area contributed by atoms with E-state index in [2.05, 4.69) is 18.1 Å². The molecule has 2 aliphatic rings. The molecule has 1 aromatic heterocycles. The van der Waals surface area contributed by atoms with Gasteiger partial charge in [-0.15, -0.1) is 6.42 Å². The Morgan fingerprint density at radius 2 is 1.81 bits per heavy atom. The third-order valence-corrected chi connectivity index (χ3v) is 8.13. The van der Waals surface area contributed by atoms with E-state index in [9.17, 15) is 37.3 Å². The third-order valence-electron chi connectivity index (χ3n) is 4.32.